The summed E-state index contributed by atoms with van der Waals surface area (Å²) in [6, 6.07) is 0. The maximum absolute atomic E-state index is 12.3. The van der Waals surface area contributed by atoms with Crippen LogP contribution in [0.5, 0.6) is 0 Å². The molecule has 0 saturated carbocycles. The van der Waals surface area contributed by atoms with Gasteiger partial charge in [-0.1, -0.05) is 52.7 Å². The third kappa shape index (κ3) is 3.78. The molecule has 0 aromatic carbocycles. The van der Waals surface area contributed by atoms with Crippen LogP contribution in [-0.4, -0.2) is 32.4 Å². The molecule has 1 aliphatic carbocycles. The van der Waals surface area contributed by atoms with Crippen LogP contribution in [0.25, 0.3) is 0 Å². The van der Waals surface area contributed by atoms with Crippen molar-refractivity contribution >= 4 is 14.1 Å². The lowest BCUT2D eigenvalue weighted by molar-refractivity contribution is -0.116. The molecule has 124 valence electrons. The quantitative estimate of drug-likeness (QED) is 0.413. The highest BCUT2D eigenvalue weighted by Gasteiger charge is 2.55. The first-order valence-corrected chi connectivity index (χ1v) is 11.3. The number of Topliss-reactive ketones (excluding diaryl/α,β-unsaturated/α-hetero) is 1. The summed E-state index contributed by atoms with van der Waals surface area (Å²) in [5.74, 6) is 0.118. The van der Waals surface area contributed by atoms with E-state index < -0.39 is 8.32 Å². The summed E-state index contributed by atoms with van der Waals surface area (Å²) in [5, 5.41) is 0.157. The van der Waals surface area contributed by atoms with Crippen molar-refractivity contribution in [2.75, 3.05) is 0 Å². The van der Waals surface area contributed by atoms with E-state index in [1.807, 2.05) is 12.2 Å². The lowest BCUT2D eigenvalue weighted by Crippen LogP contribution is -2.46. The van der Waals surface area contributed by atoms with Crippen molar-refractivity contribution in [3.8, 4) is 0 Å². The number of rotatable bonds is 6. The predicted molar refractivity (Wildman–Crippen MR) is 92.5 cm³/mol. The Bertz CT molecular complexity index is 485. The molecule has 1 aliphatic heterocycles. The summed E-state index contributed by atoms with van der Waals surface area (Å²) in [5.41, 5.74) is 0.763. The molecule has 2 aliphatic rings. The Balaban J connectivity index is 2.10. The highest BCUT2D eigenvalue weighted by Crippen LogP contribution is 2.42. The zero-order valence-electron chi connectivity index (χ0n) is 14.8. The van der Waals surface area contributed by atoms with Gasteiger partial charge in [0.2, 0.25) is 0 Å². The lowest BCUT2D eigenvalue weighted by Gasteiger charge is -2.38. The summed E-state index contributed by atoms with van der Waals surface area (Å²) >= 11 is 0. The normalized spacial score (nSPS) is 28.7. The van der Waals surface area contributed by atoms with Gasteiger partial charge in [-0.15, -0.1) is 0 Å². The van der Waals surface area contributed by atoms with Crippen molar-refractivity contribution in [1.82, 2.24) is 0 Å². The van der Waals surface area contributed by atoms with Crippen LogP contribution < -0.4 is 0 Å². The van der Waals surface area contributed by atoms with Crippen LogP contribution in [0.2, 0.25) is 18.1 Å². The predicted octanol–water partition coefficient (Wildman–Crippen LogP) is 4.40. The van der Waals surface area contributed by atoms with Crippen LogP contribution >= 0.6 is 0 Å². The Hall–Kier alpha value is -0.713. The fourth-order valence-corrected chi connectivity index (χ4v) is 3.63. The van der Waals surface area contributed by atoms with Crippen molar-refractivity contribution in [2.24, 2.45) is 0 Å². The summed E-state index contributed by atoms with van der Waals surface area (Å²) in [4.78, 5) is 12.3. The van der Waals surface area contributed by atoms with Crippen molar-refractivity contribution in [3.63, 3.8) is 0 Å². The molecular weight excluding hydrogens is 292 g/mol. The highest BCUT2D eigenvalue weighted by molar-refractivity contribution is 6.74. The third-order valence-electron chi connectivity index (χ3n) is 4.99. The Morgan fingerprint density at radius 1 is 1.36 bits per heavy atom. The summed E-state index contributed by atoms with van der Waals surface area (Å²) in [7, 11) is -1.86. The van der Waals surface area contributed by atoms with Crippen molar-refractivity contribution in [2.45, 2.75) is 83.4 Å². The lowest BCUT2D eigenvalue weighted by atomic mass is 9.95. The molecule has 0 aromatic heterocycles. The second kappa shape index (κ2) is 6.42. The van der Waals surface area contributed by atoms with E-state index >= 15 is 0 Å². The van der Waals surface area contributed by atoms with E-state index in [0.717, 1.165) is 18.4 Å². The summed E-state index contributed by atoms with van der Waals surface area (Å²) < 4.78 is 12.0. The maximum Gasteiger partial charge on any atom is 0.194 e. The molecule has 3 nitrogen and oxygen atoms in total. The van der Waals surface area contributed by atoms with E-state index in [0.29, 0.717) is 0 Å². The molecule has 1 fully saturated rings. The van der Waals surface area contributed by atoms with E-state index in [-0.39, 0.29) is 29.1 Å². The van der Waals surface area contributed by atoms with E-state index in [9.17, 15) is 4.79 Å². The van der Waals surface area contributed by atoms with E-state index in [4.69, 9.17) is 9.16 Å². The SMILES string of the molecule is CCCC/C=C/C1=C[C@@H](O[Si](C)(C)C(C)(C)C)[C@@H]2O[C@@H]2C1=O. The molecule has 0 radical (unpaired) electrons. The summed E-state index contributed by atoms with van der Waals surface area (Å²) in [6.45, 7) is 13.3. The highest BCUT2D eigenvalue weighted by atomic mass is 28.4. The Kier molecular flexibility index (Phi) is 5.15. The fourth-order valence-electron chi connectivity index (χ4n) is 2.39. The van der Waals surface area contributed by atoms with Gasteiger partial charge in [0, 0.05) is 5.57 Å². The first kappa shape index (κ1) is 17.6. The topological polar surface area (TPSA) is 38.8 Å². The van der Waals surface area contributed by atoms with Gasteiger partial charge in [0.15, 0.2) is 14.1 Å². The van der Waals surface area contributed by atoms with E-state index in [1.165, 1.54) is 6.42 Å². The summed E-state index contributed by atoms with van der Waals surface area (Å²) in [6.07, 6.45) is 8.97. The van der Waals surface area contributed by atoms with Crippen molar-refractivity contribution in [1.29, 1.82) is 0 Å². The number of hydrogen-bond acceptors (Lipinski definition) is 3. The smallest absolute Gasteiger partial charge is 0.194 e. The van der Waals surface area contributed by atoms with Gasteiger partial charge in [-0.05, 0) is 30.6 Å². The average molecular weight is 323 g/mol. The van der Waals surface area contributed by atoms with Gasteiger partial charge in [-0.2, -0.15) is 0 Å². The van der Waals surface area contributed by atoms with Gasteiger partial charge in [0.25, 0.3) is 0 Å². The third-order valence-corrected chi connectivity index (χ3v) is 9.47. The average Bonchev–Trinajstić information content (AvgIpc) is 3.18. The molecule has 1 heterocycles. The van der Waals surface area contributed by atoms with Crippen LogP contribution in [0, 0.1) is 0 Å². The minimum absolute atomic E-state index is 0.0607. The molecule has 2 rings (SSSR count). The monoisotopic (exact) mass is 322 g/mol. The van der Waals surface area contributed by atoms with Crippen molar-refractivity contribution in [3.05, 3.63) is 23.8 Å². The van der Waals surface area contributed by atoms with Crippen molar-refractivity contribution < 1.29 is 14.0 Å². The first-order chi connectivity index (χ1) is 10.2. The number of carbonyl (C=O) groups excluding carboxylic acids is 1. The molecule has 3 atom stereocenters. The van der Waals surface area contributed by atoms with Gasteiger partial charge in [0.05, 0.1) is 6.10 Å². The number of unbranched alkanes of at least 4 members (excludes halogenated alkanes) is 2. The van der Waals surface area contributed by atoms with Crippen LogP contribution in [0.15, 0.2) is 23.8 Å². The molecule has 0 amide bonds. The second-order valence-corrected chi connectivity index (χ2v) is 12.7. The van der Waals surface area contributed by atoms with Crippen LogP contribution in [-0.2, 0) is 14.0 Å². The minimum atomic E-state index is -1.86. The minimum Gasteiger partial charge on any atom is -0.408 e. The molecule has 4 heteroatoms. The zero-order valence-corrected chi connectivity index (χ0v) is 15.8. The molecule has 0 aromatic rings. The number of fused-ring (bicyclic) bond motifs is 1. The Morgan fingerprint density at radius 3 is 2.64 bits per heavy atom. The van der Waals surface area contributed by atoms with Gasteiger partial charge >= 0.3 is 0 Å². The molecule has 22 heavy (non-hydrogen) atoms. The number of hydrogen-bond donors (Lipinski definition) is 0. The molecular formula is C18H30O3Si. The van der Waals surface area contributed by atoms with Crippen LogP contribution in [0.3, 0.4) is 0 Å². The fraction of sp³-hybridized carbons (Fsp3) is 0.722. The molecule has 1 saturated heterocycles. The number of carbonyl (C=O) groups is 1. The van der Waals surface area contributed by atoms with Gasteiger partial charge < -0.3 is 9.16 Å². The van der Waals surface area contributed by atoms with Gasteiger partial charge in [-0.25, -0.2) is 0 Å². The zero-order chi connectivity index (χ0) is 16.5. The number of ketones is 1. The molecule has 0 N–H and O–H groups in total. The molecule has 0 spiro atoms. The second-order valence-electron chi connectivity index (χ2n) is 7.89. The number of epoxide rings is 1. The molecule has 0 bridgehead atoms. The number of ether oxygens (including phenoxy) is 1. The Labute approximate surface area is 135 Å². The van der Waals surface area contributed by atoms with Gasteiger partial charge in [-0.3, -0.25) is 4.79 Å². The van der Waals surface area contributed by atoms with Crippen LogP contribution in [0.4, 0.5) is 0 Å². The largest absolute Gasteiger partial charge is 0.408 e. The number of allylic oxidation sites excluding steroid dienone is 2. The standard InChI is InChI=1S/C18H30O3Si/c1-7-8-9-10-11-13-12-14(16-17(20-16)15(13)19)21-22(5,6)18(2,3)4/h10-12,14,16-17H,7-9H2,1-6H3/b11-10+/t14-,16+,17-/m1/s1. The van der Waals surface area contributed by atoms with Crippen LogP contribution in [0.1, 0.15) is 47.0 Å². The van der Waals surface area contributed by atoms with E-state index in [1.54, 1.807) is 0 Å². The Morgan fingerprint density at radius 2 is 2.05 bits per heavy atom. The first-order valence-electron chi connectivity index (χ1n) is 8.43. The van der Waals surface area contributed by atoms with Gasteiger partial charge in [0.1, 0.15) is 12.2 Å². The molecule has 0 unspecified atom stereocenters. The maximum atomic E-state index is 12.3. The van der Waals surface area contributed by atoms with E-state index in [2.05, 4.69) is 46.9 Å².